The van der Waals surface area contributed by atoms with E-state index in [0.717, 1.165) is 18.2 Å². The smallest absolute Gasteiger partial charge is 0.335 e. The molecule has 1 amide bonds. The third-order valence-corrected chi connectivity index (χ3v) is 6.00. The molecule has 1 N–H and O–H groups in total. The molecule has 144 valence electrons. The molecular weight excluding hydrogens is 381 g/mol. The number of amides is 1. The van der Waals surface area contributed by atoms with E-state index < -0.39 is 27.7 Å². The maximum atomic E-state index is 14.1. The molecule has 0 saturated carbocycles. The largest absolute Gasteiger partial charge is 0.478 e. The molecule has 1 aromatic heterocycles. The van der Waals surface area contributed by atoms with Gasteiger partial charge in [0.1, 0.15) is 17.8 Å². The molecule has 0 unspecified atom stereocenters. The van der Waals surface area contributed by atoms with E-state index in [1.807, 2.05) is 0 Å². The fourth-order valence-corrected chi connectivity index (χ4v) is 4.18. The monoisotopic (exact) mass is 397 g/mol. The number of hydrogen-bond acceptors (Lipinski definition) is 6. The first-order valence-corrected chi connectivity index (χ1v) is 9.58. The van der Waals surface area contributed by atoms with Crippen molar-refractivity contribution in [3.8, 4) is 0 Å². The molecule has 0 spiro atoms. The van der Waals surface area contributed by atoms with Crippen LogP contribution in [0.4, 0.5) is 4.39 Å². The highest BCUT2D eigenvalue weighted by molar-refractivity contribution is 7.88. The third kappa shape index (κ3) is 4.14. The third-order valence-electron chi connectivity index (χ3n) is 4.19. The minimum Gasteiger partial charge on any atom is -0.478 e. The van der Waals surface area contributed by atoms with E-state index in [2.05, 4.69) is 9.68 Å². The van der Waals surface area contributed by atoms with Gasteiger partial charge < -0.3 is 14.5 Å². The summed E-state index contributed by atoms with van der Waals surface area (Å²) in [7, 11) is -3.61. The lowest BCUT2D eigenvalue weighted by Crippen LogP contribution is -2.50. The van der Waals surface area contributed by atoms with E-state index in [4.69, 9.17) is 5.11 Å². The lowest BCUT2D eigenvalue weighted by Gasteiger charge is -2.34. The molecule has 2 heterocycles. The normalized spacial score (nSPS) is 15.7. The van der Waals surface area contributed by atoms with Gasteiger partial charge in [0.05, 0.1) is 16.8 Å². The van der Waals surface area contributed by atoms with Crippen molar-refractivity contribution in [2.24, 2.45) is 0 Å². The second-order valence-corrected chi connectivity index (χ2v) is 7.91. The van der Waals surface area contributed by atoms with E-state index in [9.17, 15) is 22.4 Å². The maximum absolute atomic E-state index is 14.1. The Labute approximate surface area is 154 Å². The van der Waals surface area contributed by atoms with Gasteiger partial charge in [-0.3, -0.25) is 4.79 Å². The first kappa shape index (κ1) is 19.0. The molecule has 11 heteroatoms. The van der Waals surface area contributed by atoms with E-state index in [-0.39, 0.29) is 48.8 Å². The SMILES string of the molecule is O=C(O)c1ccc(C(=O)N2CCN(S(=O)(=O)Cc3ccon3)CC2)c(F)c1. The fraction of sp³-hybridized carbons (Fsp3) is 0.312. The molecule has 9 nitrogen and oxygen atoms in total. The van der Waals surface area contributed by atoms with Crippen LogP contribution in [0.5, 0.6) is 0 Å². The van der Waals surface area contributed by atoms with Crippen LogP contribution >= 0.6 is 0 Å². The second-order valence-electron chi connectivity index (χ2n) is 5.94. The number of halogens is 1. The van der Waals surface area contributed by atoms with Gasteiger partial charge in [-0.2, -0.15) is 4.31 Å². The summed E-state index contributed by atoms with van der Waals surface area (Å²) in [4.78, 5) is 24.6. The standard InChI is InChI=1S/C16H16FN3O6S/c17-14-9-11(16(22)23)1-2-13(14)15(21)19-4-6-20(7-5-19)27(24,25)10-12-3-8-26-18-12/h1-3,8-9H,4-7,10H2,(H,22,23). The van der Waals surface area contributed by atoms with Crippen molar-refractivity contribution in [1.29, 1.82) is 0 Å². The molecule has 1 aliphatic heterocycles. The Hall–Kier alpha value is -2.79. The molecule has 1 aliphatic rings. The number of aromatic carboxylic acids is 1. The lowest BCUT2D eigenvalue weighted by molar-refractivity contribution is 0.0680. The minimum absolute atomic E-state index is 0.0702. The Kier molecular flexibility index (Phi) is 5.24. The Morgan fingerprint density at radius 3 is 2.44 bits per heavy atom. The quantitative estimate of drug-likeness (QED) is 0.792. The first-order chi connectivity index (χ1) is 12.8. The molecule has 1 aromatic carbocycles. The molecule has 0 bridgehead atoms. The van der Waals surface area contributed by atoms with Crippen LogP contribution in [0.2, 0.25) is 0 Å². The highest BCUT2D eigenvalue weighted by Crippen LogP contribution is 2.17. The molecule has 1 fully saturated rings. The highest BCUT2D eigenvalue weighted by Gasteiger charge is 2.30. The van der Waals surface area contributed by atoms with Gasteiger partial charge in [0.2, 0.25) is 10.0 Å². The van der Waals surface area contributed by atoms with Crippen molar-refractivity contribution in [3.63, 3.8) is 0 Å². The van der Waals surface area contributed by atoms with Crippen LogP contribution in [0.15, 0.2) is 35.1 Å². The molecule has 27 heavy (non-hydrogen) atoms. The average Bonchev–Trinajstić information content (AvgIpc) is 3.13. The number of rotatable bonds is 5. The maximum Gasteiger partial charge on any atom is 0.335 e. The summed E-state index contributed by atoms with van der Waals surface area (Å²) in [5, 5.41) is 12.4. The van der Waals surface area contributed by atoms with Crippen LogP contribution in [0, 0.1) is 5.82 Å². The van der Waals surface area contributed by atoms with Crippen LogP contribution in [-0.2, 0) is 15.8 Å². The van der Waals surface area contributed by atoms with Crippen LogP contribution in [-0.4, -0.2) is 65.9 Å². The van der Waals surface area contributed by atoms with Crippen LogP contribution in [0.1, 0.15) is 26.4 Å². The molecule has 0 radical (unpaired) electrons. The van der Waals surface area contributed by atoms with Gasteiger partial charge in [-0.05, 0) is 18.2 Å². The number of carboxylic acids is 1. The molecule has 3 rings (SSSR count). The second kappa shape index (κ2) is 7.45. The summed E-state index contributed by atoms with van der Waals surface area (Å²) in [5.41, 5.74) is -0.221. The summed E-state index contributed by atoms with van der Waals surface area (Å²) in [6.45, 7) is 0.329. The molecular formula is C16H16FN3O6S. The van der Waals surface area contributed by atoms with Gasteiger partial charge in [0, 0.05) is 32.2 Å². The number of nitrogens with zero attached hydrogens (tertiary/aromatic N) is 3. The Bertz CT molecular complexity index is 953. The number of sulfonamides is 1. The Morgan fingerprint density at radius 1 is 1.19 bits per heavy atom. The summed E-state index contributed by atoms with van der Waals surface area (Å²) in [6, 6.07) is 4.52. The summed E-state index contributed by atoms with van der Waals surface area (Å²) in [6.07, 6.45) is 1.28. The number of carbonyl (C=O) groups excluding carboxylic acids is 1. The number of piperazine rings is 1. The van der Waals surface area contributed by atoms with Crippen LogP contribution in [0.25, 0.3) is 0 Å². The van der Waals surface area contributed by atoms with Crippen molar-refractivity contribution in [2.45, 2.75) is 5.75 Å². The summed E-state index contributed by atoms with van der Waals surface area (Å²) >= 11 is 0. The Balaban J connectivity index is 1.65. The van der Waals surface area contributed by atoms with E-state index >= 15 is 0 Å². The molecule has 2 aromatic rings. The summed E-state index contributed by atoms with van der Waals surface area (Å²) < 4.78 is 44.7. The van der Waals surface area contributed by atoms with Crippen LogP contribution < -0.4 is 0 Å². The van der Waals surface area contributed by atoms with Crippen molar-refractivity contribution in [2.75, 3.05) is 26.2 Å². The minimum atomic E-state index is -3.61. The predicted molar refractivity (Wildman–Crippen MR) is 90.0 cm³/mol. The van der Waals surface area contributed by atoms with E-state index in [1.165, 1.54) is 21.5 Å². The van der Waals surface area contributed by atoms with Crippen molar-refractivity contribution in [1.82, 2.24) is 14.4 Å². The van der Waals surface area contributed by atoms with Crippen molar-refractivity contribution in [3.05, 3.63) is 53.2 Å². The highest BCUT2D eigenvalue weighted by atomic mass is 32.2. The van der Waals surface area contributed by atoms with E-state index in [0.29, 0.717) is 0 Å². The van der Waals surface area contributed by atoms with Crippen LogP contribution in [0.3, 0.4) is 0 Å². The lowest BCUT2D eigenvalue weighted by atomic mass is 10.1. The number of benzene rings is 1. The van der Waals surface area contributed by atoms with Gasteiger partial charge >= 0.3 is 5.97 Å². The van der Waals surface area contributed by atoms with Gasteiger partial charge in [0.25, 0.3) is 5.91 Å². The molecule has 0 aliphatic carbocycles. The molecule has 0 atom stereocenters. The van der Waals surface area contributed by atoms with Gasteiger partial charge in [0.15, 0.2) is 0 Å². The topological polar surface area (TPSA) is 121 Å². The van der Waals surface area contributed by atoms with Gasteiger partial charge in [-0.25, -0.2) is 17.6 Å². The Morgan fingerprint density at radius 2 is 1.89 bits per heavy atom. The zero-order valence-electron chi connectivity index (χ0n) is 14.0. The summed E-state index contributed by atoms with van der Waals surface area (Å²) in [5.74, 6) is -3.14. The predicted octanol–water partition coefficient (Wildman–Crippen LogP) is 0.800. The number of carboxylic acid groups (broad SMARTS) is 1. The number of hydrogen-bond donors (Lipinski definition) is 1. The van der Waals surface area contributed by atoms with E-state index in [1.54, 1.807) is 0 Å². The van der Waals surface area contributed by atoms with Gasteiger partial charge in [-0.1, -0.05) is 5.16 Å². The zero-order valence-corrected chi connectivity index (χ0v) is 14.9. The number of aromatic nitrogens is 1. The average molecular weight is 397 g/mol. The first-order valence-electron chi connectivity index (χ1n) is 7.97. The molecule has 1 saturated heterocycles. The number of carbonyl (C=O) groups is 2. The fourth-order valence-electron chi connectivity index (χ4n) is 2.75. The van der Waals surface area contributed by atoms with Crippen molar-refractivity contribution >= 4 is 21.9 Å². The van der Waals surface area contributed by atoms with Gasteiger partial charge in [-0.15, -0.1) is 0 Å². The van der Waals surface area contributed by atoms with Crippen molar-refractivity contribution < 1.29 is 32.0 Å². The zero-order chi connectivity index (χ0) is 19.6.